The molecule has 0 aliphatic carbocycles. The third-order valence-corrected chi connectivity index (χ3v) is 10.3. The molecular weight excluding hydrogens is 339 g/mol. The minimum absolute atomic E-state index is 0.697. The first-order valence-corrected chi connectivity index (χ1v) is 10.2. The summed E-state index contributed by atoms with van der Waals surface area (Å²) in [5.41, 5.74) is 2.09. The minimum atomic E-state index is -1.61. The highest BCUT2D eigenvalue weighted by Gasteiger charge is 2.44. The van der Waals surface area contributed by atoms with Crippen molar-refractivity contribution in [3.8, 4) is 0 Å². The van der Waals surface area contributed by atoms with Gasteiger partial charge in [0.2, 0.25) is 0 Å². The molecule has 0 amide bonds. The largest absolute Gasteiger partial charge is 0.416 e. The van der Waals surface area contributed by atoms with Crippen molar-refractivity contribution in [1.29, 1.82) is 0 Å². The Bertz CT molecular complexity index is 202. The second-order valence-electron chi connectivity index (χ2n) is 5.67. The van der Waals surface area contributed by atoms with Crippen molar-refractivity contribution in [2.75, 3.05) is 6.61 Å². The van der Waals surface area contributed by atoms with Crippen molar-refractivity contribution in [2.45, 2.75) is 71.0 Å². The molecule has 1 nitrogen and oxygen atoms in total. The van der Waals surface area contributed by atoms with Gasteiger partial charge in [-0.1, -0.05) is 70.2 Å². The predicted molar refractivity (Wildman–Crippen MR) is 89.4 cm³/mol. The lowest BCUT2D eigenvalue weighted by molar-refractivity contribution is 0.273. The fraction of sp³-hybridized carbons (Fsp3) is 0.857. The smallest absolute Gasteiger partial charge is 0.200 e. The van der Waals surface area contributed by atoms with Crippen LogP contribution in [0, 0.1) is 0 Å². The zero-order chi connectivity index (χ0) is 13.5. The molecule has 0 spiro atoms. The molecule has 0 rings (SSSR count). The number of hydrogen-bond donors (Lipinski definition) is 0. The van der Waals surface area contributed by atoms with E-state index in [1.165, 1.54) is 0 Å². The Morgan fingerprint density at radius 1 is 1.00 bits per heavy atom. The molecule has 102 valence electrons. The van der Waals surface area contributed by atoms with Gasteiger partial charge in [0.1, 0.15) is 0 Å². The van der Waals surface area contributed by atoms with Crippen LogP contribution in [-0.4, -0.2) is 14.9 Å². The van der Waals surface area contributed by atoms with E-state index in [0.717, 1.165) is 19.4 Å². The summed E-state index contributed by atoms with van der Waals surface area (Å²) < 4.78 is 8.56. The monoisotopic (exact) mass is 368 g/mol. The Morgan fingerprint density at radius 3 is 1.82 bits per heavy atom. The zero-order valence-electron chi connectivity index (χ0n) is 12.3. The van der Waals surface area contributed by atoms with Crippen LogP contribution in [0.25, 0.3) is 0 Å². The first-order valence-electron chi connectivity index (χ1n) is 6.78. The van der Waals surface area contributed by atoms with E-state index in [2.05, 4.69) is 74.3 Å². The Hall–Kier alpha value is 0.647. The molecule has 0 aliphatic rings. The van der Waals surface area contributed by atoms with Crippen LogP contribution < -0.4 is 0 Å². The van der Waals surface area contributed by atoms with Crippen molar-refractivity contribution in [3.63, 3.8) is 0 Å². The number of hydrogen-bond acceptors (Lipinski definition) is 1. The van der Waals surface area contributed by atoms with Gasteiger partial charge in [0.15, 0.2) is 8.32 Å². The summed E-state index contributed by atoms with van der Waals surface area (Å²) in [6, 6.07) is 0. The van der Waals surface area contributed by atoms with E-state index in [1.54, 1.807) is 0 Å². The van der Waals surface area contributed by atoms with Crippen LogP contribution in [0.5, 0.6) is 0 Å². The Labute approximate surface area is 123 Å². The maximum absolute atomic E-state index is 6.46. The van der Waals surface area contributed by atoms with Gasteiger partial charge in [0, 0.05) is 6.61 Å². The highest BCUT2D eigenvalue weighted by molar-refractivity contribution is 14.1. The third kappa shape index (κ3) is 5.03. The Kier molecular flexibility index (Phi) is 9.03. The van der Waals surface area contributed by atoms with Crippen molar-refractivity contribution < 1.29 is 4.43 Å². The van der Waals surface area contributed by atoms with E-state index >= 15 is 0 Å². The third-order valence-electron chi connectivity index (χ3n) is 3.66. The lowest BCUT2D eigenvalue weighted by Gasteiger charge is -2.42. The van der Waals surface area contributed by atoms with Crippen LogP contribution in [0.2, 0.25) is 16.6 Å². The van der Waals surface area contributed by atoms with Gasteiger partial charge in [0.05, 0.1) is 0 Å². The van der Waals surface area contributed by atoms with Gasteiger partial charge in [0.25, 0.3) is 0 Å². The van der Waals surface area contributed by atoms with Crippen LogP contribution >= 0.6 is 22.6 Å². The second-order valence-corrected chi connectivity index (χ2v) is 11.8. The molecular formula is C14H29IOSi. The topological polar surface area (TPSA) is 9.23 Å². The Balaban J connectivity index is 4.48. The molecule has 0 heterocycles. The molecule has 17 heavy (non-hydrogen) atoms. The molecule has 0 saturated heterocycles. The maximum atomic E-state index is 6.46. The van der Waals surface area contributed by atoms with E-state index < -0.39 is 8.32 Å². The highest BCUT2D eigenvalue weighted by Crippen LogP contribution is 2.42. The fourth-order valence-electron chi connectivity index (χ4n) is 3.01. The summed E-state index contributed by atoms with van der Waals surface area (Å²) in [6.45, 7) is 15.0. The Morgan fingerprint density at radius 2 is 1.47 bits per heavy atom. The van der Waals surface area contributed by atoms with Gasteiger partial charge >= 0.3 is 0 Å². The summed E-state index contributed by atoms with van der Waals surface area (Å²) >= 11 is 2.27. The van der Waals surface area contributed by atoms with Gasteiger partial charge in [-0.05, 0) is 33.5 Å². The van der Waals surface area contributed by atoms with Gasteiger partial charge in [-0.25, -0.2) is 0 Å². The first kappa shape index (κ1) is 17.6. The molecule has 0 aliphatic heterocycles. The molecule has 0 atom stereocenters. The summed E-state index contributed by atoms with van der Waals surface area (Å²) in [6.07, 6.45) is 4.51. The summed E-state index contributed by atoms with van der Waals surface area (Å²) in [5.74, 6) is 0. The lowest BCUT2D eigenvalue weighted by Crippen LogP contribution is -2.47. The standard InChI is InChI=1S/C14H29IOSi/c1-12(2)17(13(3)4,14(5)6)16-11-9-7-8-10-15/h8,10,12-14H,7,9,11H2,1-6H3/b10-8+. The highest BCUT2D eigenvalue weighted by atomic mass is 127. The molecule has 0 aromatic carbocycles. The van der Waals surface area contributed by atoms with Gasteiger partial charge in [-0.15, -0.1) is 0 Å². The second kappa shape index (κ2) is 8.70. The number of halogens is 1. The fourth-order valence-corrected chi connectivity index (χ4v) is 8.87. The quantitative estimate of drug-likeness (QED) is 0.294. The van der Waals surface area contributed by atoms with Gasteiger partial charge in [-0.2, -0.15) is 0 Å². The van der Waals surface area contributed by atoms with Crippen molar-refractivity contribution in [1.82, 2.24) is 0 Å². The van der Waals surface area contributed by atoms with E-state index in [4.69, 9.17) is 4.43 Å². The molecule has 0 bridgehead atoms. The number of allylic oxidation sites excluding steroid dienone is 1. The average Bonchev–Trinajstić information content (AvgIpc) is 2.21. The summed E-state index contributed by atoms with van der Waals surface area (Å²) in [5, 5.41) is 0. The SMILES string of the molecule is CC(C)[Si](OCCC/C=C/I)(C(C)C)C(C)C. The molecule has 0 saturated carbocycles. The minimum Gasteiger partial charge on any atom is -0.416 e. The van der Waals surface area contributed by atoms with E-state index in [-0.39, 0.29) is 0 Å². The van der Waals surface area contributed by atoms with Crippen LogP contribution in [-0.2, 0) is 4.43 Å². The zero-order valence-corrected chi connectivity index (χ0v) is 15.5. The number of rotatable bonds is 8. The number of unbranched alkanes of at least 4 members (excludes halogenated alkanes) is 1. The van der Waals surface area contributed by atoms with Crippen LogP contribution in [0.3, 0.4) is 0 Å². The average molecular weight is 368 g/mol. The lowest BCUT2D eigenvalue weighted by atomic mass is 10.3. The molecule has 0 radical (unpaired) electrons. The molecule has 0 fully saturated rings. The predicted octanol–water partition coefficient (Wildman–Crippen LogP) is 5.91. The first-order chi connectivity index (χ1) is 7.89. The summed E-state index contributed by atoms with van der Waals surface area (Å²) in [4.78, 5) is 0. The summed E-state index contributed by atoms with van der Waals surface area (Å²) in [7, 11) is -1.61. The molecule has 0 aromatic rings. The van der Waals surface area contributed by atoms with Gasteiger partial charge in [-0.3, -0.25) is 0 Å². The van der Waals surface area contributed by atoms with Crippen molar-refractivity contribution in [2.24, 2.45) is 0 Å². The molecule has 3 heteroatoms. The van der Waals surface area contributed by atoms with Crippen LogP contribution in [0.15, 0.2) is 10.2 Å². The van der Waals surface area contributed by atoms with E-state index in [9.17, 15) is 0 Å². The normalized spacial score (nSPS) is 13.5. The maximum Gasteiger partial charge on any atom is 0.200 e. The van der Waals surface area contributed by atoms with Crippen LogP contribution in [0.4, 0.5) is 0 Å². The van der Waals surface area contributed by atoms with E-state index in [0.29, 0.717) is 16.6 Å². The van der Waals surface area contributed by atoms with Crippen molar-refractivity contribution >= 4 is 30.9 Å². The van der Waals surface area contributed by atoms with E-state index in [1.807, 2.05) is 0 Å². The van der Waals surface area contributed by atoms with Gasteiger partial charge < -0.3 is 4.43 Å². The van der Waals surface area contributed by atoms with Crippen molar-refractivity contribution in [3.05, 3.63) is 10.2 Å². The molecule has 0 aromatic heterocycles. The van der Waals surface area contributed by atoms with Crippen LogP contribution in [0.1, 0.15) is 54.4 Å². The molecule has 0 unspecified atom stereocenters. The molecule has 0 N–H and O–H groups in total.